The summed E-state index contributed by atoms with van der Waals surface area (Å²) in [6, 6.07) is 4.13. The number of hydrogen-bond donors (Lipinski definition) is 1. The molecule has 1 aliphatic heterocycles. The van der Waals surface area contributed by atoms with Gasteiger partial charge in [0.2, 0.25) is 15.9 Å². The molecule has 1 saturated heterocycles. The predicted octanol–water partition coefficient (Wildman–Crippen LogP) is 1.19. The second-order valence-electron chi connectivity index (χ2n) is 6.42. The lowest BCUT2D eigenvalue weighted by Gasteiger charge is -2.31. The van der Waals surface area contributed by atoms with E-state index in [-0.39, 0.29) is 18.0 Å². The fourth-order valence-electron chi connectivity index (χ4n) is 3.06. The summed E-state index contributed by atoms with van der Waals surface area (Å²) in [5.41, 5.74) is 0.494. The predicted molar refractivity (Wildman–Crippen MR) is 96.1 cm³/mol. The van der Waals surface area contributed by atoms with Crippen molar-refractivity contribution in [3.63, 3.8) is 0 Å². The van der Waals surface area contributed by atoms with E-state index in [4.69, 9.17) is 0 Å². The zero-order valence-electron chi connectivity index (χ0n) is 14.9. The van der Waals surface area contributed by atoms with Crippen LogP contribution in [0.5, 0.6) is 0 Å². The second kappa shape index (κ2) is 8.09. The van der Waals surface area contributed by atoms with Gasteiger partial charge >= 0.3 is 0 Å². The molecule has 1 N–H and O–H groups in total. The third-order valence-electron chi connectivity index (χ3n) is 4.43. The summed E-state index contributed by atoms with van der Waals surface area (Å²) in [5, 5.41) is 13.3. The van der Waals surface area contributed by atoms with Gasteiger partial charge in [-0.2, -0.15) is 0 Å². The van der Waals surface area contributed by atoms with Crippen molar-refractivity contribution in [2.24, 2.45) is 5.92 Å². The highest BCUT2D eigenvalue weighted by Gasteiger charge is 2.32. The monoisotopic (exact) mass is 396 g/mol. The minimum atomic E-state index is -3.36. The Morgan fingerprint density at radius 3 is 2.93 bits per heavy atom. The molecule has 9 nitrogen and oxygen atoms in total. The van der Waals surface area contributed by atoms with E-state index < -0.39 is 27.7 Å². The van der Waals surface area contributed by atoms with Crippen LogP contribution in [-0.4, -0.2) is 57.7 Å². The van der Waals surface area contributed by atoms with Crippen LogP contribution in [0.3, 0.4) is 0 Å². The second-order valence-corrected chi connectivity index (χ2v) is 8.51. The van der Waals surface area contributed by atoms with Crippen LogP contribution in [0.25, 0.3) is 5.69 Å². The number of tetrazole rings is 1. The molecule has 0 radical (unpaired) electrons. The van der Waals surface area contributed by atoms with Gasteiger partial charge in [-0.05, 0) is 47.9 Å². The number of nitrogens with one attached hydrogen (secondary N) is 1. The number of rotatable bonds is 6. The van der Waals surface area contributed by atoms with Gasteiger partial charge in [-0.25, -0.2) is 21.8 Å². The molecule has 0 bridgehead atoms. The fourth-order valence-corrected chi connectivity index (χ4v) is 4.65. The highest BCUT2D eigenvalue weighted by molar-refractivity contribution is 7.89. The molecule has 1 amide bonds. The standard InChI is InChI=1S/C16H21FN6O3S/c1-2-8-27(25,26)22-7-3-4-12(10-22)16(24)19-15-9-13(5-6-14(15)17)23-11-18-20-21-23/h5-6,9,11-12H,2-4,7-8,10H2,1H3,(H,19,24). The van der Waals surface area contributed by atoms with Gasteiger partial charge in [0.15, 0.2) is 0 Å². The Morgan fingerprint density at radius 2 is 2.22 bits per heavy atom. The number of piperidine rings is 1. The zero-order valence-corrected chi connectivity index (χ0v) is 15.7. The Morgan fingerprint density at radius 1 is 1.41 bits per heavy atom. The molecule has 3 rings (SSSR count). The Kier molecular flexibility index (Phi) is 5.80. The van der Waals surface area contributed by atoms with Crippen molar-refractivity contribution in [2.75, 3.05) is 24.2 Å². The van der Waals surface area contributed by atoms with Gasteiger partial charge in [0.1, 0.15) is 12.1 Å². The first-order valence-electron chi connectivity index (χ1n) is 8.72. The first-order valence-corrected chi connectivity index (χ1v) is 10.3. The maximum Gasteiger partial charge on any atom is 0.228 e. The molecule has 0 aliphatic carbocycles. The molecule has 2 heterocycles. The van der Waals surface area contributed by atoms with Crippen LogP contribution < -0.4 is 5.32 Å². The number of anilines is 1. The fraction of sp³-hybridized carbons (Fsp3) is 0.500. The molecular weight excluding hydrogens is 375 g/mol. The molecule has 2 aromatic rings. The van der Waals surface area contributed by atoms with Gasteiger partial charge in [0.25, 0.3) is 0 Å². The maximum absolute atomic E-state index is 14.1. The molecule has 1 fully saturated rings. The zero-order chi connectivity index (χ0) is 19.4. The quantitative estimate of drug-likeness (QED) is 0.785. The van der Waals surface area contributed by atoms with Gasteiger partial charge in [0.05, 0.1) is 23.0 Å². The average molecular weight is 396 g/mol. The average Bonchev–Trinajstić information content (AvgIpc) is 3.18. The minimum absolute atomic E-state index is 0.00142. The number of benzene rings is 1. The van der Waals surface area contributed by atoms with Crippen molar-refractivity contribution in [1.29, 1.82) is 0 Å². The van der Waals surface area contributed by atoms with Crippen molar-refractivity contribution in [3.05, 3.63) is 30.3 Å². The Labute approximate surface area is 156 Å². The largest absolute Gasteiger partial charge is 0.323 e. The lowest BCUT2D eigenvalue weighted by molar-refractivity contribution is -0.120. The third kappa shape index (κ3) is 4.48. The Hall–Kier alpha value is -2.40. The maximum atomic E-state index is 14.1. The number of carbonyl (C=O) groups excluding carboxylic acids is 1. The van der Waals surface area contributed by atoms with Crippen molar-refractivity contribution < 1.29 is 17.6 Å². The molecule has 27 heavy (non-hydrogen) atoms. The summed E-state index contributed by atoms with van der Waals surface area (Å²) < 4.78 is 41.3. The van der Waals surface area contributed by atoms with Crippen LogP contribution in [0.15, 0.2) is 24.5 Å². The van der Waals surface area contributed by atoms with E-state index in [0.717, 1.165) is 0 Å². The molecule has 146 valence electrons. The topological polar surface area (TPSA) is 110 Å². The van der Waals surface area contributed by atoms with E-state index in [1.54, 1.807) is 6.92 Å². The van der Waals surface area contributed by atoms with Crippen molar-refractivity contribution in [3.8, 4) is 5.69 Å². The van der Waals surface area contributed by atoms with Crippen LogP contribution in [0.2, 0.25) is 0 Å². The molecule has 1 unspecified atom stereocenters. The van der Waals surface area contributed by atoms with Crippen LogP contribution >= 0.6 is 0 Å². The van der Waals surface area contributed by atoms with Gasteiger partial charge in [0, 0.05) is 13.1 Å². The molecular formula is C16H21FN6O3S. The van der Waals surface area contributed by atoms with Crippen LogP contribution in [0.4, 0.5) is 10.1 Å². The van der Waals surface area contributed by atoms with Crippen LogP contribution in [0, 0.1) is 11.7 Å². The molecule has 11 heteroatoms. The van der Waals surface area contributed by atoms with E-state index in [9.17, 15) is 17.6 Å². The smallest absolute Gasteiger partial charge is 0.228 e. The number of nitrogens with zero attached hydrogens (tertiary/aromatic N) is 5. The normalized spacial score (nSPS) is 18.4. The number of carbonyl (C=O) groups is 1. The number of sulfonamides is 1. The summed E-state index contributed by atoms with van der Waals surface area (Å²) >= 11 is 0. The first-order chi connectivity index (χ1) is 12.9. The number of amides is 1. The molecule has 1 aliphatic rings. The van der Waals surface area contributed by atoms with Crippen molar-refractivity contribution in [2.45, 2.75) is 26.2 Å². The van der Waals surface area contributed by atoms with E-state index in [0.29, 0.717) is 31.5 Å². The summed E-state index contributed by atoms with van der Waals surface area (Å²) in [6.45, 7) is 2.32. The number of hydrogen-bond acceptors (Lipinski definition) is 6. The highest BCUT2D eigenvalue weighted by Crippen LogP contribution is 2.23. The number of aromatic nitrogens is 4. The SMILES string of the molecule is CCCS(=O)(=O)N1CCCC(C(=O)Nc2cc(-n3cnnn3)ccc2F)C1. The van der Waals surface area contributed by atoms with Crippen molar-refractivity contribution >= 4 is 21.6 Å². The molecule has 1 aromatic carbocycles. The third-order valence-corrected chi connectivity index (χ3v) is 6.47. The summed E-state index contributed by atoms with van der Waals surface area (Å²) in [7, 11) is -3.36. The summed E-state index contributed by atoms with van der Waals surface area (Å²) in [6.07, 6.45) is 3.02. The minimum Gasteiger partial charge on any atom is -0.323 e. The summed E-state index contributed by atoms with van der Waals surface area (Å²) in [5.74, 6) is -1.46. The highest BCUT2D eigenvalue weighted by atomic mass is 32.2. The Bertz CT molecular complexity index is 903. The van der Waals surface area contributed by atoms with Gasteiger partial charge in [-0.1, -0.05) is 6.92 Å². The van der Waals surface area contributed by atoms with Crippen LogP contribution in [0.1, 0.15) is 26.2 Å². The van der Waals surface area contributed by atoms with E-state index in [1.807, 2.05) is 0 Å². The van der Waals surface area contributed by atoms with Crippen molar-refractivity contribution in [1.82, 2.24) is 24.5 Å². The van der Waals surface area contributed by atoms with E-state index in [2.05, 4.69) is 20.8 Å². The number of halogens is 1. The lowest BCUT2D eigenvalue weighted by Crippen LogP contribution is -2.44. The van der Waals surface area contributed by atoms with Gasteiger partial charge < -0.3 is 5.32 Å². The van der Waals surface area contributed by atoms with Crippen LogP contribution in [-0.2, 0) is 14.8 Å². The molecule has 0 saturated carbocycles. The molecule has 1 atom stereocenters. The summed E-state index contributed by atoms with van der Waals surface area (Å²) in [4.78, 5) is 12.6. The van der Waals surface area contributed by atoms with Gasteiger partial charge in [-0.15, -0.1) is 5.10 Å². The first kappa shape index (κ1) is 19.4. The Balaban J connectivity index is 1.72. The van der Waals surface area contributed by atoms with E-state index in [1.165, 1.54) is 33.5 Å². The molecule has 0 spiro atoms. The van der Waals surface area contributed by atoms with Gasteiger partial charge in [-0.3, -0.25) is 4.79 Å². The molecule has 1 aromatic heterocycles. The lowest BCUT2D eigenvalue weighted by atomic mass is 9.98. The van der Waals surface area contributed by atoms with E-state index >= 15 is 0 Å².